The van der Waals surface area contributed by atoms with Gasteiger partial charge in [0.15, 0.2) is 9.84 Å². The average molecular weight is 770 g/mol. The van der Waals surface area contributed by atoms with E-state index < -0.39 is 30.8 Å². The van der Waals surface area contributed by atoms with Crippen LogP contribution < -0.4 is 4.74 Å². The van der Waals surface area contributed by atoms with E-state index in [4.69, 9.17) is 44.5 Å². The Labute approximate surface area is 303 Å². The maximum atomic E-state index is 15.1. The second-order valence-corrected chi connectivity index (χ2v) is 18.2. The van der Waals surface area contributed by atoms with Crippen LogP contribution in [0.5, 0.6) is 5.75 Å². The molecule has 0 bridgehead atoms. The molecule has 1 saturated heterocycles. The minimum absolute atomic E-state index is 0.0164. The number of hydrogen-bond acceptors (Lipinski definition) is 8. The topological polar surface area (TPSA) is 117 Å². The first-order chi connectivity index (χ1) is 22.9. The molecule has 2 heterocycles. The quantitative estimate of drug-likeness (QED) is 0.258. The highest BCUT2D eigenvalue weighted by Gasteiger charge is 2.60. The molecule has 2 aliphatic heterocycles. The predicted molar refractivity (Wildman–Crippen MR) is 195 cm³/mol. The maximum Gasteiger partial charge on any atom is 0.326 e. The number of urea groups is 1. The number of halogens is 3. The number of ether oxygens (including phenoxy) is 1. The second kappa shape index (κ2) is 14.0. The number of carbonyl (C=O) groups is 1. The van der Waals surface area contributed by atoms with Crippen molar-refractivity contribution in [3.8, 4) is 5.75 Å². The van der Waals surface area contributed by atoms with Gasteiger partial charge in [-0.15, -0.1) is 0 Å². The fourth-order valence-electron chi connectivity index (χ4n) is 6.44. The van der Waals surface area contributed by atoms with Crippen LogP contribution in [0.4, 0.5) is 4.79 Å². The van der Waals surface area contributed by atoms with Gasteiger partial charge in [-0.3, -0.25) is 14.8 Å². The van der Waals surface area contributed by atoms with Gasteiger partial charge in [-0.1, -0.05) is 59.1 Å². The van der Waals surface area contributed by atoms with E-state index in [0.717, 1.165) is 17.4 Å². The van der Waals surface area contributed by atoms with Gasteiger partial charge in [-0.2, -0.15) is 0 Å². The van der Waals surface area contributed by atoms with E-state index in [0.29, 0.717) is 42.8 Å². The molecule has 15 heteroatoms. The molecule has 0 unspecified atom stereocenters. The maximum absolute atomic E-state index is 15.1. The molecule has 2 atom stereocenters. The molecule has 0 radical (unpaired) electrons. The van der Waals surface area contributed by atoms with Crippen LogP contribution in [-0.4, -0.2) is 101 Å². The van der Waals surface area contributed by atoms with E-state index >= 15 is 4.79 Å². The normalized spacial score (nSPS) is 21.9. The van der Waals surface area contributed by atoms with Gasteiger partial charge in [0.05, 0.1) is 27.8 Å². The summed E-state index contributed by atoms with van der Waals surface area (Å²) >= 11 is 19.2. The second-order valence-electron chi connectivity index (χ2n) is 12.7. The fraction of sp³-hybridized carbons (Fsp3) is 0.412. The molecule has 0 spiro atoms. The standard InChI is InChI=1S/C34H39Cl3N4O6S2/c1-6-47-29-22-28(37)30(49(5,45)46)21-27(29)31-38-33(2,23-7-11-25(35)12-8-23)34(3,24-9-13-26(36)14-10-24)41(31)32(42)40-17-15-39(16-18-40)19-20-48(4,43)44/h7-14,21-22H,6,15-20H2,1-5H3/t33-,34+/m0/s1. The Hall–Kier alpha value is -2.87. The van der Waals surface area contributed by atoms with Crippen molar-refractivity contribution < 1.29 is 26.4 Å². The van der Waals surface area contributed by atoms with E-state index in [1.807, 2.05) is 43.0 Å². The molecular weight excluding hydrogens is 731 g/mol. The van der Waals surface area contributed by atoms with Gasteiger partial charge >= 0.3 is 6.03 Å². The van der Waals surface area contributed by atoms with Crippen LogP contribution >= 0.6 is 34.8 Å². The van der Waals surface area contributed by atoms with Crippen LogP contribution in [0.3, 0.4) is 0 Å². The molecular formula is C34H39Cl3N4O6S2. The first-order valence-corrected chi connectivity index (χ1v) is 20.8. The largest absolute Gasteiger partial charge is 0.493 e. The van der Waals surface area contributed by atoms with E-state index in [9.17, 15) is 16.8 Å². The first-order valence-electron chi connectivity index (χ1n) is 15.7. The highest BCUT2D eigenvalue weighted by Crippen LogP contribution is 2.54. The average Bonchev–Trinajstić information content (AvgIpc) is 3.27. The molecule has 2 aliphatic rings. The Kier molecular flexibility index (Phi) is 10.7. The Morgan fingerprint density at radius 3 is 1.92 bits per heavy atom. The molecule has 2 amide bonds. The van der Waals surface area contributed by atoms with Gasteiger partial charge in [0.2, 0.25) is 0 Å². The minimum atomic E-state index is -3.80. The molecule has 0 N–H and O–H groups in total. The lowest BCUT2D eigenvalue weighted by Crippen LogP contribution is -2.60. The van der Waals surface area contributed by atoms with Crippen molar-refractivity contribution in [1.82, 2.24) is 14.7 Å². The van der Waals surface area contributed by atoms with Crippen LogP contribution in [0.2, 0.25) is 15.1 Å². The molecule has 264 valence electrons. The van der Waals surface area contributed by atoms with Crippen LogP contribution in [-0.2, 0) is 30.8 Å². The summed E-state index contributed by atoms with van der Waals surface area (Å²) in [4.78, 5) is 25.6. The lowest BCUT2D eigenvalue weighted by molar-refractivity contribution is 0.0880. The van der Waals surface area contributed by atoms with E-state index in [-0.39, 0.29) is 45.5 Å². The molecule has 0 saturated carbocycles. The Balaban J connectivity index is 1.74. The summed E-state index contributed by atoms with van der Waals surface area (Å²) in [6.45, 7) is 7.84. The van der Waals surface area contributed by atoms with Crippen molar-refractivity contribution in [1.29, 1.82) is 0 Å². The monoisotopic (exact) mass is 768 g/mol. The van der Waals surface area contributed by atoms with Crippen LogP contribution in [0.15, 0.2) is 70.6 Å². The zero-order chi connectivity index (χ0) is 35.9. The molecule has 5 rings (SSSR count). The van der Waals surface area contributed by atoms with Gasteiger partial charge in [-0.25, -0.2) is 21.6 Å². The van der Waals surface area contributed by atoms with Crippen molar-refractivity contribution in [2.75, 3.05) is 57.6 Å². The van der Waals surface area contributed by atoms with Crippen molar-refractivity contribution in [2.45, 2.75) is 36.7 Å². The minimum Gasteiger partial charge on any atom is -0.493 e. The molecule has 10 nitrogen and oxygen atoms in total. The number of amides is 2. The number of benzene rings is 3. The molecule has 0 aliphatic carbocycles. The number of rotatable bonds is 9. The van der Waals surface area contributed by atoms with Crippen molar-refractivity contribution in [2.24, 2.45) is 4.99 Å². The van der Waals surface area contributed by atoms with Crippen LogP contribution in [0.1, 0.15) is 37.5 Å². The third-order valence-corrected chi connectivity index (χ3v) is 12.3. The zero-order valence-electron chi connectivity index (χ0n) is 27.9. The summed E-state index contributed by atoms with van der Waals surface area (Å²) in [7, 11) is -6.95. The smallest absolute Gasteiger partial charge is 0.326 e. The van der Waals surface area contributed by atoms with Crippen LogP contribution in [0.25, 0.3) is 0 Å². The number of amidine groups is 1. The zero-order valence-corrected chi connectivity index (χ0v) is 31.8. The van der Waals surface area contributed by atoms with Gasteiger partial charge in [0, 0.05) is 61.3 Å². The van der Waals surface area contributed by atoms with Crippen molar-refractivity contribution in [3.63, 3.8) is 0 Å². The molecule has 0 aromatic heterocycles. The Bertz CT molecular complexity index is 1980. The predicted octanol–water partition coefficient (Wildman–Crippen LogP) is 6.12. The van der Waals surface area contributed by atoms with Gasteiger partial charge in [-0.05, 0) is 62.2 Å². The summed E-state index contributed by atoms with van der Waals surface area (Å²) in [5.74, 6) is 0.488. The molecule has 1 fully saturated rings. The summed E-state index contributed by atoms with van der Waals surface area (Å²) < 4.78 is 55.5. The number of carbonyl (C=O) groups excluding carboxylic acids is 1. The molecule has 49 heavy (non-hydrogen) atoms. The van der Waals surface area contributed by atoms with Crippen molar-refractivity contribution in [3.05, 3.63) is 92.4 Å². The van der Waals surface area contributed by atoms with E-state index in [1.54, 1.807) is 41.0 Å². The van der Waals surface area contributed by atoms with Crippen molar-refractivity contribution >= 4 is 66.3 Å². The van der Waals surface area contributed by atoms with Gasteiger partial charge in [0.25, 0.3) is 0 Å². The summed E-state index contributed by atoms with van der Waals surface area (Å²) in [6.07, 6.45) is 2.27. The third kappa shape index (κ3) is 7.45. The first kappa shape index (κ1) is 37.4. The number of aliphatic imine (C=N–C) groups is 1. The number of nitrogens with zero attached hydrogens (tertiary/aromatic N) is 4. The lowest BCUT2D eigenvalue weighted by atomic mass is 9.71. The van der Waals surface area contributed by atoms with Gasteiger partial charge in [0.1, 0.15) is 32.5 Å². The van der Waals surface area contributed by atoms with E-state index in [1.165, 1.54) is 18.4 Å². The van der Waals surface area contributed by atoms with Crippen LogP contribution in [0, 0.1) is 0 Å². The number of piperazine rings is 1. The fourth-order valence-corrected chi connectivity index (χ4v) is 8.60. The highest BCUT2D eigenvalue weighted by molar-refractivity contribution is 7.91. The van der Waals surface area contributed by atoms with Gasteiger partial charge < -0.3 is 9.64 Å². The number of hydrogen-bond donors (Lipinski definition) is 0. The SMILES string of the molecule is CCOc1cc(Cl)c(S(C)(=O)=O)cc1C1=N[C@@](C)(c2ccc(Cl)cc2)[C@@](C)(c2ccc(Cl)cc2)N1C(=O)N1CCN(CCS(C)(=O)=O)CC1. The highest BCUT2D eigenvalue weighted by atomic mass is 35.5. The van der Waals surface area contributed by atoms with E-state index in [2.05, 4.69) is 0 Å². The molecule has 3 aromatic rings. The Morgan fingerprint density at radius 2 is 1.41 bits per heavy atom. The summed E-state index contributed by atoms with van der Waals surface area (Å²) in [5, 5.41) is 1.02. The number of sulfone groups is 2. The Morgan fingerprint density at radius 1 is 0.857 bits per heavy atom. The summed E-state index contributed by atoms with van der Waals surface area (Å²) in [6, 6.07) is 16.9. The molecule has 3 aromatic carbocycles. The lowest BCUT2D eigenvalue weighted by Gasteiger charge is -2.47. The third-order valence-electron chi connectivity index (χ3n) is 9.34. The summed E-state index contributed by atoms with van der Waals surface area (Å²) in [5.41, 5.74) is -0.599.